The minimum absolute atomic E-state index is 0.0156. The van der Waals surface area contributed by atoms with Gasteiger partial charge in [-0.25, -0.2) is 17.8 Å². The molecule has 140 valence electrons. The lowest BCUT2D eigenvalue weighted by Crippen LogP contribution is -2.26. The van der Waals surface area contributed by atoms with E-state index in [1.54, 1.807) is 13.0 Å². The third kappa shape index (κ3) is 4.50. The van der Waals surface area contributed by atoms with Crippen molar-refractivity contribution in [2.75, 3.05) is 12.9 Å². The van der Waals surface area contributed by atoms with Gasteiger partial charge in [-0.05, 0) is 30.2 Å². The van der Waals surface area contributed by atoms with Crippen LogP contribution in [0.25, 0.3) is 0 Å². The smallest absolute Gasteiger partial charge is 0.256 e. The van der Waals surface area contributed by atoms with Gasteiger partial charge in [-0.3, -0.25) is 4.79 Å². The van der Waals surface area contributed by atoms with Gasteiger partial charge in [-0.1, -0.05) is 24.6 Å². The zero-order valence-corrected chi connectivity index (χ0v) is 15.8. The normalized spacial score (nSPS) is 11.2. The summed E-state index contributed by atoms with van der Waals surface area (Å²) in [5.74, 6) is -1.33. The monoisotopic (exact) mass is 400 g/mol. The number of benzene rings is 1. The fourth-order valence-electron chi connectivity index (χ4n) is 2.32. The number of methoxy groups -OCH3 is 1. The summed E-state index contributed by atoms with van der Waals surface area (Å²) in [6, 6.07) is 5.58. The summed E-state index contributed by atoms with van der Waals surface area (Å²) in [5, 5.41) is 2.16. The maximum Gasteiger partial charge on any atom is 0.256 e. The lowest BCUT2D eigenvalue weighted by atomic mass is 10.2. The summed E-state index contributed by atoms with van der Waals surface area (Å²) < 4.78 is 43.2. The number of rotatable bonds is 7. The molecule has 9 heteroatoms. The zero-order chi connectivity index (χ0) is 19.3. The third-order valence-electron chi connectivity index (χ3n) is 3.53. The van der Waals surface area contributed by atoms with Gasteiger partial charge in [0.05, 0.1) is 23.4 Å². The number of carbonyl (C=O) groups is 1. The summed E-state index contributed by atoms with van der Waals surface area (Å²) in [5.41, 5.74) is 0.270. The van der Waals surface area contributed by atoms with Crippen LogP contribution in [0, 0.1) is 5.82 Å². The summed E-state index contributed by atoms with van der Waals surface area (Å²) >= 11 is 6.04. The predicted molar refractivity (Wildman–Crippen MR) is 95.7 cm³/mol. The Labute approximate surface area is 156 Å². The number of ether oxygens (including phenoxy) is 1. The quantitative estimate of drug-likeness (QED) is 0.772. The zero-order valence-electron chi connectivity index (χ0n) is 14.3. The third-order valence-corrected chi connectivity index (χ3v) is 5.69. The molecule has 1 amide bonds. The second kappa shape index (κ2) is 8.46. The number of carbonyl (C=O) groups excluding carboxylic acids is 1. The average Bonchev–Trinajstić information content (AvgIpc) is 2.59. The van der Waals surface area contributed by atoms with Crippen molar-refractivity contribution in [3.05, 3.63) is 52.4 Å². The second-order valence-corrected chi connectivity index (χ2v) is 7.88. The fourth-order valence-corrected chi connectivity index (χ4v) is 4.07. The molecule has 6 nitrogen and oxygen atoms in total. The molecular weight excluding hydrogens is 383 g/mol. The van der Waals surface area contributed by atoms with E-state index in [2.05, 4.69) is 10.3 Å². The molecule has 1 aromatic carbocycles. The Bertz CT molecular complexity index is 919. The first-order valence-corrected chi connectivity index (χ1v) is 9.81. The average molecular weight is 401 g/mol. The van der Waals surface area contributed by atoms with Crippen molar-refractivity contribution in [2.24, 2.45) is 0 Å². The maximum absolute atomic E-state index is 13.7. The van der Waals surface area contributed by atoms with Crippen LogP contribution in [0.4, 0.5) is 4.39 Å². The van der Waals surface area contributed by atoms with Crippen LogP contribution in [0.2, 0.25) is 5.02 Å². The molecule has 0 saturated heterocycles. The van der Waals surface area contributed by atoms with Crippen LogP contribution >= 0.6 is 11.6 Å². The summed E-state index contributed by atoms with van der Waals surface area (Å²) in [7, 11) is -2.39. The Balaban J connectivity index is 2.26. The van der Waals surface area contributed by atoms with Crippen LogP contribution in [0.5, 0.6) is 5.75 Å². The van der Waals surface area contributed by atoms with Gasteiger partial charge < -0.3 is 10.1 Å². The van der Waals surface area contributed by atoms with Gasteiger partial charge in [-0.2, -0.15) is 0 Å². The molecule has 0 radical (unpaired) electrons. The lowest BCUT2D eigenvalue weighted by molar-refractivity contribution is 0.0947. The number of nitrogens with zero attached hydrogens (tertiary/aromatic N) is 1. The number of nitrogens with one attached hydrogen (secondary N) is 1. The topological polar surface area (TPSA) is 85.4 Å². The van der Waals surface area contributed by atoms with E-state index in [9.17, 15) is 17.6 Å². The van der Waals surface area contributed by atoms with E-state index >= 15 is 0 Å². The van der Waals surface area contributed by atoms with Crippen molar-refractivity contribution in [1.29, 1.82) is 0 Å². The van der Waals surface area contributed by atoms with Gasteiger partial charge in [0.1, 0.15) is 0 Å². The van der Waals surface area contributed by atoms with Gasteiger partial charge >= 0.3 is 0 Å². The van der Waals surface area contributed by atoms with Gasteiger partial charge in [0.25, 0.3) is 5.91 Å². The highest BCUT2D eigenvalue weighted by atomic mass is 35.5. The minimum atomic E-state index is -3.74. The Morgan fingerprint density at radius 3 is 2.69 bits per heavy atom. The number of hydrogen-bond donors (Lipinski definition) is 1. The van der Waals surface area contributed by atoms with Gasteiger partial charge in [0, 0.05) is 12.7 Å². The molecule has 0 aliphatic rings. The van der Waals surface area contributed by atoms with E-state index < -0.39 is 21.6 Å². The van der Waals surface area contributed by atoms with Gasteiger partial charge in [0.2, 0.25) is 0 Å². The van der Waals surface area contributed by atoms with E-state index in [0.717, 1.165) is 0 Å². The first-order chi connectivity index (χ1) is 12.3. The molecule has 1 N–H and O–H groups in total. The molecule has 2 aromatic rings. The van der Waals surface area contributed by atoms with E-state index in [-0.39, 0.29) is 33.7 Å². The molecule has 2 rings (SSSR count). The summed E-state index contributed by atoms with van der Waals surface area (Å²) in [6.45, 7) is 1.69. The van der Waals surface area contributed by atoms with Crippen molar-refractivity contribution in [3.8, 4) is 5.75 Å². The van der Waals surface area contributed by atoms with E-state index in [1.165, 1.54) is 31.5 Å². The number of hydrogen-bond acceptors (Lipinski definition) is 5. The largest absolute Gasteiger partial charge is 0.494 e. The molecule has 0 aliphatic carbocycles. The number of halogens is 2. The van der Waals surface area contributed by atoms with Crippen molar-refractivity contribution in [3.63, 3.8) is 0 Å². The van der Waals surface area contributed by atoms with Crippen molar-refractivity contribution in [2.45, 2.75) is 24.9 Å². The Morgan fingerprint density at radius 2 is 2.08 bits per heavy atom. The van der Waals surface area contributed by atoms with Gasteiger partial charge in [-0.15, -0.1) is 0 Å². The first kappa shape index (κ1) is 20.1. The second-order valence-electron chi connectivity index (χ2n) is 5.44. The molecule has 1 aromatic heterocycles. The molecule has 0 fully saturated rings. The SMILES string of the molecule is CCCS(=O)(=O)c1nccc(Cl)c1C(=O)NCc1ccc(OC)c(F)c1. The fraction of sp³-hybridized carbons (Fsp3) is 0.294. The molecule has 0 aliphatic heterocycles. The maximum atomic E-state index is 13.7. The Hall–Kier alpha value is -2.19. The highest BCUT2D eigenvalue weighted by molar-refractivity contribution is 7.91. The molecule has 1 heterocycles. The van der Waals surface area contributed by atoms with Crippen LogP contribution in [-0.4, -0.2) is 32.2 Å². The summed E-state index contributed by atoms with van der Waals surface area (Å²) in [4.78, 5) is 16.3. The van der Waals surface area contributed by atoms with Gasteiger partial charge in [0.15, 0.2) is 26.4 Å². The molecule has 0 bridgehead atoms. The van der Waals surface area contributed by atoms with E-state index in [4.69, 9.17) is 16.3 Å². The van der Waals surface area contributed by atoms with Crippen LogP contribution in [0.1, 0.15) is 29.3 Å². The molecule has 0 saturated carbocycles. The minimum Gasteiger partial charge on any atom is -0.494 e. The van der Waals surface area contributed by atoms with E-state index in [0.29, 0.717) is 12.0 Å². The first-order valence-electron chi connectivity index (χ1n) is 7.78. The van der Waals surface area contributed by atoms with Crippen LogP contribution in [0.3, 0.4) is 0 Å². The van der Waals surface area contributed by atoms with E-state index in [1.807, 2.05) is 0 Å². The lowest BCUT2D eigenvalue weighted by Gasteiger charge is -2.12. The predicted octanol–water partition coefficient (Wildman–Crippen LogP) is 3.00. The summed E-state index contributed by atoms with van der Waals surface area (Å²) in [6.07, 6.45) is 1.61. The molecule has 0 unspecified atom stereocenters. The van der Waals surface area contributed by atoms with Crippen molar-refractivity contribution < 1.29 is 22.3 Å². The van der Waals surface area contributed by atoms with Crippen molar-refractivity contribution in [1.82, 2.24) is 10.3 Å². The highest BCUT2D eigenvalue weighted by Crippen LogP contribution is 2.23. The van der Waals surface area contributed by atoms with Crippen LogP contribution < -0.4 is 10.1 Å². The molecule has 26 heavy (non-hydrogen) atoms. The van der Waals surface area contributed by atoms with Crippen LogP contribution in [0.15, 0.2) is 35.5 Å². The molecule has 0 spiro atoms. The number of pyridine rings is 1. The standard InChI is InChI=1S/C17H18ClFN2O4S/c1-3-8-26(23,24)17-15(12(18)6-7-20-17)16(22)21-10-11-4-5-14(25-2)13(19)9-11/h4-7,9H,3,8,10H2,1-2H3,(H,21,22). The number of aromatic nitrogens is 1. The number of amides is 1. The number of sulfone groups is 1. The van der Waals surface area contributed by atoms with Crippen LogP contribution in [-0.2, 0) is 16.4 Å². The molecular formula is C17H18ClFN2O4S. The highest BCUT2D eigenvalue weighted by Gasteiger charge is 2.26. The Kier molecular flexibility index (Phi) is 6.55. The Morgan fingerprint density at radius 1 is 1.35 bits per heavy atom. The molecule has 0 atom stereocenters. The van der Waals surface area contributed by atoms with Crippen molar-refractivity contribution >= 4 is 27.3 Å².